The van der Waals surface area contributed by atoms with Crippen LogP contribution in [0.15, 0.2) is 71.9 Å². The van der Waals surface area contributed by atoms with Crippen LogP contribution in [-0.2, 0) is 9.47 Å². The molecule has 4 amide bonds. The minimum absolute atomic E-state index is 0.0666. The molecule has 0 bridgehead atoms. The van der Waals surface area contributed by atoms with Crippen molar-refractivity contribution >= 4 is 62.7 Å². The molecule has 0 aliphatic carbocycles. The molecule has 1 aromatic heterocycles. The molecule has 2 fully saturated rings. The maximum absolute atomic E-state index is 14.0. The van der Waals surface area contributed by atoms with E-state index >= 15 is 0 Å². The highest BCUT2D eigenvalue weighted by atomic mass is 33.1. The zero-order valence-corrected chi connectivity index (χ0v) is 40.0. The number of methoxy groups -OCH3 is 2. The van der Waals surface area contributed by atoms with Crippen LogP contribution in [0, 0.1) is 10.1 Å². The van der Waals surface area contributed by atoms with E-state index in [0.717, 1.165) is 27.1 Å². The molecule has 68 heavy (non-hydrogen) atoms. The summed E-state index contributed by atoms with van der Waals surface area (Å²) in [5, 5.41) is 34.8. The lowest BCUT2D eigenvalue weighted by Gasteiger charge is -2.33. The molecule has 2 N–H and O–H groups in total. The fourth-order valence-electron chi connectivity index (χ4n) is 8.29. The van der Waals surface area contributed by atoms with Crippen molar-refractivity contribution in [3.05, 3.63) is 88.1 Å². The monoisotopic (exact) mass is 978 g/mol. The summed E-state index contributed by atoms with van der Waals surface area (Å²) in [6, 6.07) is 7.31. The number of carbonyl (C=O) groups excluding carboxylic acids is 4. The first-order chi connectivity index (χ1) is 32.4. The van der Waals surface area contributed by atoms with Crippen molar-refractivity contribution < 1.29 is 62.7 Å². The average molecular weight is 979 g/mol. The van der Waals surface area contributed by atoms with Crippen molar-refractivity contribution in [1.29, 1.82) is 0 Å². The van der Waals surface area contributed by atoms with Crippen LogP contribution >= 0.6 is 21.6 Å². The molecule has 22 heteroatoms. The number of hydrogen-bond donors (Lipinski definition) is 2. The largest absolute Gasteiger partial charge is 0.493 e. The fourth-order valence-corrected chi connectivity index (χ4v) is 9.98. The number of pyridine rings is 1. The zero-order valence-electron chi connectivity index (χ0n) is 38.3. The van der Waals surface area contributed by atoms with Gasteiger partial charge in [0.15, 0.2) is 35.5 Å². The Morgan fingerprint density at radius 2 is 1.31 bits per heavy atom. The number of benzene rings is 2. The lowest BCUT2D eigenvalue weighted by atomic mass is 10.1. The standard InChI is InChI=1S/C46H54N6O14S2/c1-26-17-33-42(55)50(44(57)65-15-16-67-68-39-12-11-28(23-47-39)52(59)60)31-21-37(35(61-6)19-29(31)40(53)48(33)24-26)63-13-9-8-10-14-64-38-22-32-30(20-36(38)62-7)41(54)49-25-27(2)18-34(49)43(56)51(32)45(58)66-46(3,4)5/h11-12,19-23,33-34,42-43,55-56H,1-2,8-10,13-18,24-25H2,3-7H3/t33-,34-,42-,43-/m0/s1. The predicted octanol–water partition coefficient (Wildman–Crippen LogP) is 6.97. The van der Waals surface area contributed by atoms with Crippen LogP contribution in [0.2, 0.25) is 0 Å². The van der Waals surface area contributed by atoms with E-state index in [0.29, 0.717) is 36.5 Å². The quantitative estimate of drug-likeness (QED) is 0.0485. The summed E-state index contributed by atoms with van der Waals surface area (Å²) in [6.07, 6.45) is -1.18. The Morgan fingerprint density at radius 1 is 0.794 bits per heavy atom. The lowest BCUT2D eigenvalue weighted by Crippen LogP contribution is -2.51. The van der Waals surface area contributed by atoms with E-state index in [2.05, 4.69) is 18.1 Å². The summed E-state index contributed by atoms with van der Waals surface area (Å²) in [4.78, 5) is 74.9. The number of anilines is 2. The molecular formula is C46H54N6O14S2. The zero-order chi connectivity index (χ0) is 49.0. The molecule has 20 nitrogen and oxygen atoms in total. The summed E-state index contributed by atoms with van der Waals surface area (Å²) >= 11 is 0. The highest BCUT2D eigenvalue weighted by molar-refractivity contribution is 8.76. The summed E-state index contributed by atoms with van der Waals surface area (Å²) < 4.78 is 34.9. The lowest BCUT2D eigenvalue weighted by molar-refractivity contribution is -0.385. The molecule has 2 aromatic carbocycles. The summed E-state index contributed by atoms with van der Waals surface area (Å²) in [5.41, 5.74) is 0.877. The molecule has 4 atom stereocenters. The first-order valence-electron chi connectivity index (χ1n) is 21.8. The minimum atomic E-state index is -1.48. The van der Waals surface area contributed by atoms with Gasteiger partial charge in [-0.2, -0.15) is 0 Å². The highest BCUT2D eigenvalue weighted by Gasteiger charge is 2.48. The van der Waals surface area contributed by atoms with Crippen LogP contribution in [0.25, 0.3) is 0 Å². The smallest absolute Gasteiger partial charge is 0.417 e. The Kier molecular flexibility index (Phi) is 15.3. The number of rotatable bonds is 16. The van der Waals surface area contributed by atoms with Crippen LogP contribution in [-0.4, -0.2) is 137 Å². The maximum atomic E-state index is 14.0. The third kappa shape index (κ3) is 10.7. The SMILES string of the molecule is C=C1C[C@H]2[C@H](O)N(C(=O)OCCSSc3ccc([N+](=O)[O-])cn3)c3cc(OCCCCCOc4cc5c(cc4OC)C(=O)N4CC(=C)C[C@H]4[C@H](O)N5C(=O)OC(C)(C)C)c(OC)cc3C(=O)N2C1. The predicted molar refractivity (Wildman–Crippen MR) is 252 cm³/mol. The van der Waals surface area contributed by atoms with E-state index in [-0.39, 0.29) is 90.5 Å². The molecule has 4 aliphatic heterocycles. The summed E-state index contributed by atoms with van der Waals surface area (Å²) in [7, 11) is 5.43. The molecule has 4 aliphatic rings. The Hall–Kier alpha value is -6.23. The Morgan fingerprint density at radius 3 is 1.76 bits per heavy atom. The molecule has 364 valence electrons. The van der Waals surface area contributed by atoms with Gasteiger partial charge >= 0.3 is 12.2 Å². The van der Waals surface area contributed by atoms with Crippen molar-refractivity contribution in [2.75, 3.05) is 62.7 Å². The van der Waals surface area contributed by atoms with E-state index in [9.17, 15) is 39.5 Å². The minimum Gasteiger partial charge on any atom is -0.493 e. The molecule has 0 spiro atoms. The van der Waals surface area contributed by atoms with Gasteiger partial charge in [0.2, 0.25) is 0 Å². The third-order valence-electron chi connectivity index (χ3n) is 11.4. The Bertz CT molecular complexity index is 2470. The van der Waals surface area contributed by atoms with Crippen molar-refractivity contribution in [1.82, 2.24) is 14.8 Å². The number of nitro groups is 1. The average Bonchev–Trinajstić information content (AvgIpc) is 3.86. The molecule has 2 saturated heterocycles. The van der Waals surface area contributed by atoms with Gasteiger partial charge in [0.1, 0.15) is 23.4 Å². The van der Waals surface area contributed by atoms with E-state index in [1.54, 1.807) is 20.8 Å². The molecular weight excluding hydrogens is 925 g/mol. The van der Waals surface area contributed by atoms with E-state index < -0.39 is 59.1 Å². The van der Waals surface area contributed by atoms with Gasteiger partial charge in [-0.15, -0.1) is 0 Å². The van der Waals surface area contributed by atoms with E-state index in [4.69, 9.17) is 28.4 Å². The molecule has 0 saturated carbocycles. The second kappa shape index (κ2) is 21.0. The Labute approximate surface area is 400 Å². The van der Waals surface area contributed by atoms with Gasteiger partial charge in [-0.05, 0) is 81.9 Å². The number of unbranched alkanes of at least 4 members (excludes halogenated alkanes) is 2. The highest BCUT2D eigenvalue weighted by Crippen LogP contribution is 2.44. The van der Waals surface area contributed by atoms with Gasteiger partial charge in [-0.25, -0.2) is 24.4 Å². The second-order valence-electron chi connectivity index (χ2n) is 17.4. The van der Waals surface area contributed by atoms with Crippen molar-refractivity contribution in [2.45, 2.75) is 88.0 Å². The summed E-state index contributed by atoms with van der Waals surface area (Å²) in [5.74, 6) is 0.454. The van der Waals surface area contributed by atoms with Gasteiger partial charge in [-0.1, -0.05) is 35.1 Å². The molecule has 0 unspecified atom stereocenters. The second-order valence-corrected chi connectivity index (χ2v) is 19.8. The molecule has 7 rings (SSSR count). The van der Waals surface area contributed by atoms with Crippen LogP contribution in [0.5, 0.6) is 23.0 Å². The first kappa shape index (κ1) is 49.7. The number of aliphatic hydroxyl groups excluding tert-OH is 2. The number of nitrogens with zero attached hydrogens (tertiary/aromatic N) is 6. The Balaban J connectivity index is 0.999. The third-order valence-corrected chi connectivity index (χ3v) is 13.7. The molecule has 3 aromatic rings. The number of aromatic nitrogens is 1. The van der Waals surface area contributed by atoms with Gasteiger partial charge in [0.25, 0.3) is 17.5 Å². The van der Waals surface area contributed by atoms with E-state index in [1.165, 1.54) is 82.0 Å². The van der Waals surface area contributed by atoms with E-state index in [1.807, 2.05) is 0 Å². The number of fused-ring (bicyclic) bond motifs is 4. The first-order valence-corrected chi connectivity index (χ1v) is 24.1. The number of ether oxygens (including phenoxy) is 6. The molecule has 0 radical (unpaired) electrons. The fraction of sp³-hybridized carbons (Fsp3) is 0.457. The number of aliphatic hydroxyl groups is 2. The van der Waals surface area contributed by atoms with Gasteiger partial charge < -0.3 is 48.4 Å². The van der Waals surface area contributed by atoms with Crippen LogP contribution < -0.4 is 28.7 Å². The number of carbonyl (C=O) groups is 4. The van der Waals surface area contributed by atoms with Crippen LogP contribution in [0.4, 0.5) is 26.7 Å². The maximum Gasteiger partial charge on any atom is 0.417 e. The van der Waals surface area contributed by atoms with Crippen LogP contribution in [0.1, 0.15) is 73.6 Å². The number of hydrogen-bond acceptors (Lipinski definition) is 17. The van der Waals surface area contributed by atoms with Gasteiger partial charge in [0, 0.05) is 37.0 Å². The topological polar surface area (TPSA) is 233 Å². The number of amides is 4. The van der Waals surface area contributed by atoms with Crippen molar-refractivity contribution in [2.24, 2.45) is 0 Å². The van der Waals surface area contributed by atoms with Gasteiger partial charge in [0.05, 0.1) is 66.9 Å². The van der Waals surface area contributed by atoms with Crippen molar-refractivity contribution in [3.8, 4) is 23.0 Å². The van der Waals surface area contributed by atoms with Gasteiger partial charge in [-0.3, -0.25) is 19.7 Å². The van der Waals surface area contributed by atoms with Crippen molar-refractivity contribution in [3.63, 3.8) is 0 Å². The van der Waals surface area contributed by atoms with Crippen LogP contribution in [0.3, 0.4) is 0 Å². The molecule has 5 heterocycles. The summed E-state index contributed by atoms with van der Waals surface area (Å²) in [6.45, 7) is 13.9. The normalized spacial score (nSPS) is 19.9.